The molecule has 0 atom stereocenters. The molecule has 0 aromatic carbocycles. The molecule has 2 N–H and O–H groups in total. The number of hydrogen-bond donors (Lipinski definition) is 2. The average molecular weight is 202 g/mol. The molecule has 0 rings (SSSR count). The fraction of sp³-hybridized carbons (Fsp3) is 1.00. The maximum atomic E-state index is 11.5. The first-order valence-electron chi connectivity index (χ1n) is 2.13. The van der Waals surface area contributed by atoms with Gasteiger partial charge in [0.2, 0.25) is 0 Å². The van der Waals surface area contributed by atoms with Crippen LogP contribution in [0.5, 0.6) is 0 Å². The Balaban J connectivity index is 3.92. The van der Waals surface area contributed by atoms with Crippen molar-refractivity contribution < 1.29 is 35.9 Å². The fourth-order valence-corrected chi connectivity index (χ4v) is 0.539. The third-order valence-corrected chi connectivity index (χ3v) is 0.996. The Hall–Kier alpha value is -0.0400. The third kappa shape index (κ3) is 9.96. The zero-order chi connectivity index (χ0) is 9.36. The predicted molar refractivity (Wildman–Crippen MR) is 25.6 cm³/mol. The van der Waals surface area contributed by atoms with E-state index in [-0.39, 0.29) is 0 Å². The van der Waals surface area contributed by atoms with E-state index in [0.717, 1.165) is 0 Å². The molecule has 70 valence electrons. The normalized spacial score (nSPS) is 17.5. The van der Waals surface area contributed by atoms with Crippen LogP contribution in [0.25, 0.3) is 0 Å². The Labute approximate surface area is 57.8 Å². The molecule has 0 aliphatic rings. The van der Waals surface area contributed by atoms with E-state index in [1.165, 1.54) is 0 Å². The Morgan fingerprint density at radius 3 is 1.64 bits per heavy atom. The Morgan fingerprint density at radius 1 is 1.18 bits per heavy atom. The zero-order valence-corrected chi connectivity index (χ0v) is 5.74. The standard InChI is InChI=1S/C2H4F5O3P/c3-2(4,5)1-10-11(6,7,8)9/h8-9H,1H2. The van der Waals surface area contributed by atoms with Crippen molar-refractivity contribution in [2.75, 3.05) is 6.61 Å². The Kier molecular flexibility index (Phi) is 2.47. The SMILES string of the molecule is OP(O)(F)(F)OCC(F)(F)F. The number of rotatable bonds is 2. The molecule has 0 heterocycles. The van der Waals surface area contributed by atoms with E-state index in [0.29, 0.717) is 0 Å². The molecule has 0 unspecified atom stereocenters. The first-order valence-corrected chi connectivity index (χ1v) is 3.97. The third-order valence-electron chi connectivity index (χ3n) is 0.441. The van der Waals surface area contributed by atoms with Crippen LogP contribution >= 0.6 is 7.91 Å². The van der Waals surface area contributed by atoms with Crippen LogP contribution in [0.3, 0.4) is 0 Å². The van der Waals surface area contributed by atoms with Crippen LogP contribution in [0.1, 0.15) is 0 Å². The van der Waals surface area contributed by atoms with Crippen molar-refractivity contribution in [1.82, 2.24) is 0 Å². The van der Waals surface area contributed by atoms with Crippen molar-refractivity contribution >= 4 is 7.91 Å². The summed E-state index contributed by atoms with van der Waals surface area (Å²) >= 11 is 0. The summed E-state index contributed by atoms with van der Waals surface area (Å²) in [5.74, 6) is 0. The molecule has 0 amide bonds. The van der Waals surface area contributed by atoms with E-state index in [4.69, 9.17) is 9.79 Å². The second kappa shape index (κ2) is 2.48. The summed E-state index contributed by atoms with van der Waals surface area (Å²) in [6.07, 6.45) is -5.01. The molecule has 0 saturated carbocycles. The molecule has 0 radical (unpaired) electrons. The first-order chi connectivity index (χ1) is 4.46. The van der Waals surface area contributed by atoms with Gasteiger partial charge in [-0.15, -0.1) is 0 Å². The fourth-order valence-electron chi connectivity index (χ4n) is 0.180. The van der Waals surface area contributed by atoms with Gasteiger partial charge in [-0.2, -0.15) is 0 Å². The monoisotopic (exact) mass is 202 g/mol. The van der Waals surface area contributed by atoms with E-state index in [2.05, 4.69) is 4.52 Å². The van der Waals surface area contributed by atoms with Crippen molar-refractivity contribution in [2.45, 2.75) is 6.18 Å². The van der Waals surface area contributed by atoms with Gasteiger partial charge >= 0.3 is 56.6 Å². The van der Waals surface area contributed by atoms with Crippen LogP contribution in [0, 0.1) is 0 Å². The molecule has 0 saturated heterocycles. The molecular weight excluding hydrogens is 198 g/mol. The number of hydrogen-bond acceptors (Lipinski definition) is 3. The van der Waals surface area contributed by atoms with Gasteiger partial charge in [-0.3, -0.25) is 0 Å². The van der Waals surface area contributed by atoms with Crippen LogP contribution in [0.2, 0.25) is 0 Å². The van der Waals surface area contributed by atoms with Gasteiger partial charge < -0.3 is 0 Å². The molecule has 3 nitrogen and oxygen atoms in total. The van der Waals surface area contributed by atoms with Crippen molar-refractivity contribution in [1.29, 1.82) is 0 Å². The van der Waals surface area contributed by atoms with Crippen LogP contribution in [0.15, 0.2) is 0 Å². The van der Waals surface area contributed by atoms with Gasteiger partial charge in [-0.05, 0) is 0 Å². The minimum atomic E-state index is -7.44. The van der Waals surface area contributed by atoms with Crippen molar-refractivity contribution in [3.8, 4) is 0 Å². The molecule has 0 bridgehead atoms. The van der Waals surface area contributed by atoms with Gasteiger partial charge in [0.05, 0.1) is 0 Å². The molecule has 0 aliphatic carbocycles. The molecule has 0 spiro atoms. The van der Waals surface area contributed by atoms with E-state index in [9.17, 15) is 21.6 Å². The molecule has 0 aromatic heterocycles. The van der Waals surface area contributed by atoms with E-state index in [1.807, 2.05) is 0 Å². The summed E-state index contributed by atoms with van der Waals surface area (Å²) in [5.41, 5.74) is 0. The molecular formula is C2H4F5O3P. The van der Waals surface area contributed by atoms with Crippen LogP contribution in [0.4, 0.5) is 21.6 Å². The van der Waals surface area contributed by atoms with Gasteiger partial charge in [0, 0.05) is 0 Å². The zero-order valence-electron chi connectivity index (χ0n) is 4.85. The summed E-state index contributed by atoms with van der Waals surface area (Å²) in [7, 11) is -7.44. The summed E-state index contributed by atoms with van der Waals surface area (Å²) < 4.78 is 58.8. The van der Waals surface area contributed by atoms with Gasteiger partial charge in [-0.25, -0.2) is 0 Å². The second-order valence-electron chi connectivity index (χ2n) is 1.65. The van der Waals surface area contributed by atoms with Gasteiger partial charge in [-0.1, -0.05) is 0 Å². The summed E-state index contributed by atoms with van der Waals surface area (Å²) in [6.45, 7) is -2.38. The van der Waals surface area contributed by atoms with E-state index >= 15 is 0 Å². The first kappa shape index (κ1) is 11.0. The van der Waals surface area contributed by atoms with Gasteiger partial charge in [0.15, 0.2) is 0 Å². The van der Waals surface area contributed by atoms with Crippen molar-refractivity contribution in [3.63, 3.8) is 0 Å². The molecule has 0 aliphatic heterocycles. The minimum absolute atomic E-state index is 2.38. The van der Waals surface area contributed by atoms with Gasteiger partial charge in [0.25, 0.3) is 0 Å². The van der Waals surface area contributed by atoms with Crippen LogP contribution in [-0.4, -0.2) is 22.6 Å². The summed E-state index contributed by atoms with van der Waals surface area (Å²) in [4.78, 5) is 15.0. The Bertz CT molecular complexity index is 137. The Morgan fingerprint density at radius 2 is 1.55 bits per heavy atom. The molecule has 11 heavy (non-hydrogen) atoms. The predicted octanol–water partition coefficient (Wildman–Crippen LogP) is 1.62. The average Bonchev–Trinajstić information content (AvgIpc) is 1.55. The van der Waals surface area contributed by atoms with Crippen molar-refractivity contribution in [3.05, 3.63) is 0 Å². The second-order valence-corrected chi connectivity index (χ2v) is 3.42. The maximum absolute atomic E-state index is 11.5. The molecule has 0 aromatic rings. The van der Waals surface area contributed by atoms with Crippen molar-refractivity contribution in [2.24, 2.45) is 0 Å². The van der Waals surface area contributed by atoms with Crippen LogP contribution < -0.4 is 0 Å². The number of halogens is 5. The van der Waals surface area contributed by atoms with E-state index in [1.54, 1.807) is 0 Å². The van der Waals surface area contributed by atoms with Crippen LogP contribution in [-0.2, 0) is 4.52 Å². The van der Waals surface area contributed by atoms with E-state index < -0.39 is 20.7 Å². The number of alkyl halides is 3. The summed E-state index contributed by atoms with van der Waals surface area (Å²) in [5, 5.41) is 0. The topological polar surface area (TPSA) is 49.7 Å². The molecule has 9 heteroatoms. The quantitative estimate of drug-likeness (QED) is 0.528. The van der Waals surface area contributed by atoms with Gasteiger partial charge in [0.1, 0.15) is 0 Å². The molecule has 0 fully saturated rings. The summed E-state index contributed by atoms with van der Waals surface area (Å²) in [6, 6.07) is 0.